The monoisotopic (exact) mass is 722 g/mol. The molecule has 44 heavy (non-hydrogen) atoms. The van der Waals surface area contributed by atoms with E-state index in [-0.39, 0.29) is 20.8 Å². The quantitative estimate of drug-likeness (QED) is 0.240. The second-order valence-corrected chi connectivity index (χ2v) is 8.30. The van der Waals surface area contributed by atoms with Gasteiger partial charge in [-0.25, -0.2) is 39.5 Å². The van der Waals surface area contributed by atoms with E-state index < -0.39 is 92.8 Å². The summed E-state index contributed by atoms with van der Waals surface area (Å²) in [6.07, 6.45) is -33.3. The largest absolute Gasteiger partial charge is 0.453 e. The van der Waals surface area contributed by atoms with Crippen molar-refractivity contribution < 1.29 is 105 Å². The van der Waals surface area contributed by atoms with E-state index in [0.29, 0.717) is 6.92 Å². The summed E-state index contributed by atoms with van der Waals surface area (Å²) in [4.78, 5) is 0. The molecule has 0 aromatic carbocycles. The lowest BCUT2D eigenvalue weighted by Crippen LogP contribution is -2.35. The molecule has 0 rings (SSSR count). The average molecular weight is 722 g/mol. The number of rotatable bonds is 6. The van der Waals surface area contributed by atoms with E-state index in [4.69, 9.17) is 0 Å². The third kappa shape index (κ3) is 31.7. The zero-order chi connectivity index (χ0) is 37.6. The maximum Gasteiger partial charge on any atom is 0.453 e. The van der Waals surface area contributed by atoms with Crippen LogP contribution >= 0.6 is 0 Å². The van der Waals surface area contributed by atoms with Crippen LogP contribution in [-0.4, -0.2) is 73.6 Å². The Kier molecular flexibility index (Phi) is 22.5. The molecule has 0 spiro atoms. The van der Waals surface area contributed by atoms with Crippen molar-refractivity contribution in [1.29, 1.82) is 0 Å². The third-order valence-corrected chi connectivity index (χ3v) is 3.57. The van der Waals surface area contributed by atoms with Crippen LogP contribution in [0.5, 0.6) is 0 Å². The summed E-state index contributed by atoms with van der Waals surface area (Å²) in [6, 6.07) is 0. The number of halogens is 24. The maximum atomic E-state index is 11.5. The molecule has 0 bridgehead atoms. The van der Waals surface area contributed by atoms with Crippen LogP contribution in [0, 0.1) is 0 Å². The highest BCUT2D eigenvalue weighted by molar-refractivity contribution is 4.74. The van der Waals surface area contributed by atoms with Gasteiger partial charge in [0.05, 0.1) is 6.67 Å². The fraction of sp³-hybridized carbons (Fsp3) is 1.00. The molecule has 24 heteroatoms. The topological polar surface area (TPSA) is 0 Å². The van der Waals surface area contributed by atoms with Gasteiger partial charge in [0.25, 0.3) is 5.92 Å². The average Bonchev–Trinajstić information content (AvgIpc) is 2.68. The molecule has 0 aromatic rings. The summed E-state index contributed by atoms with van der Waals surface area (Å²) in [5, 5.41) is 0. The normalized spacial score (nSPS) is 15.5. The molecule has 0 saturated heterocycles. The Morgan fingerprint density at radius 3 is 0.886 bits per heavy atom. The van der Waals surface area contributed by atoms with Gasteiger partial charge >= 0.3 is 42.5 Å². The van der Waals surface area contributed by atoms with Crippen molar-refractivity contribution in [1.82, 2.24) is 0 Å². The van der Waals surface area contributed by atoms with Crippen LogP contribution in [0.4, 0.5) is 105 Å². The number of alkyl halides is 24. The molecular formula is C20H26F24. The minimum Gasteiger partial charge on any atom is -0.251 e. The van der Waals surface area contributed by atoms with E-state index >= 15 is 0 Å². The Balaban J connectivity index is -0.000000144. The van der Waals surface area contributed by atoms with Crippen LogP contribution in [0.15, 0.2) is 0 Å². The molecule has 0 fully saturated rings. The standard InChI is InChI=1S/4C4H5F5.C4H6F4/c1-3(5,6)2-4(7,8)9;1-2-3(5,6)4(7,8)9;1-2(5)3(6)4(7,8)9;5-2-1-3(6)4(7,8)9;1-3(5,6)4(2,7)8/h2*2H2,1H3;2-3H,1H3;3H,1-2H2;1-2H3. The summed E-state index contributed by atoms with van der Waals surface area (Å²) < 4.78 is 271. The fourth-order valence-corrected chi connectivity index (χ4v) is 1.07. The van der Waals surface area contributed by atoms with Crippen molar-refractivity contribution in [2.45, 2.75) is 121 Å². The molecule has 3 atom stereocenters. The molecule has 0 heterocycles. The summed E-state index contributed by atoms with van der Waals surface area (Å²) >= 11 is 0. The van der Waals surface area contributed by atoms with E-state index in [1.807, 2.05) is 0 Å². The molecule has 3 unspecified atom stereocenters. The van der Waals surface area contributed by atoms with Crippen molar-refractivity contribution >= 4 is 0 Å². The lowest BCUT2D eigenvalue weighted by Gasteiger charge is -2.17. The zero-order valence-corrected chi connectivity index (χ0v) is 22.6. The first-order chi connectivity index (χ1) is 18.6. The van der Waals surface area contributed by atoms with E-state index in [0.717, 1.165) is 6.92 Å². The van der Waals surface area contributed by atoms with Gasteiger partial charge in [-0.05, 0) is 13.8 Å². The SMILES string of the molecule is CC(F)(F)C(C)(F)F.CC(F)(F)CC(F)(F)F.CC(F)C(F)C(F)(F)F.CCC(F)(F)C(F)(F)F.FCCC(F)C(F)(F)F. The molecule has 0 aliphatic carbocycles. The minimum absolute atomic E-state index is 0.188. The Labute approximate surface area is 234 Å². The third-order valence-electron chi connectivity index (χ3n) is 3.57. The van der Waals surface area contributed by atoms with Crippen molar-refractivity contribution in [3.8, 4) is 0 Å². The minimum atomic E-state index is -5.39. The molecule has 0 N–H and O–H groups in total. The molecule has 274 valence electrons. The van der Waals surface area contributed by atoms with Crippen LogP contribution in [0.3, 0.4) is 0 Å². The first-order valence-electron chi connectivity index (χ1n) is 10.9. The predicted molar refractivity (Wildman–Crippen MR) is 107 cm³/mol. The van der Waals surface area contributed by atoms with Gasteiger partial charge in [0.2, 0.25) is 6.17 Å². The van der Waals surface area contributed by atoms with Gasteiger partial charge in [-0.15, -0.1) is 0 Å². The van der Waals surface area contributed by atoms with Crippen LogP contribution in [0.2, 0.25) is 0 Å². The Morgan fingerprint density at radius 1 is 0.545 bits per heavy atom. The van der Waals surface area contributed by atoms with Crippen LogP contribution < -0.4 is 0 Å². The smallest absolute Gasteiger partial charge is 0.251 e. The summed E-state index contributed by atoms with van der Waals surface area (Å²) in [5.41, 5.74) is 0. The Hall–Kier alpha value is -1.68. The molecule has 0 amide bonds. The first-order valence-corrected chi connectivity index (χ1v) is 10.9. The molecule has 0 aliphatic heterocycles. The van der Waals surface area contributed by atoms with E-state index in [1.54, 1.807) is 0 Å². The van der Waals surface area contributed by atoms with Crippen LogP contribution in [0.1, 0.15) is 53.9 Å². The van der Waals surface area contributed by atoms with Gasteiger partial charge in [-0.1, -0.05) is 6.92 Å². The van der Waals surface area contributed by atoms with Crippen molar-refractivity contribution in [2.75, 3.05) is 6.67 Å². The van der Waals surface area contributed by atoms with Crippen molar-refractivity contribution in [2.24, 2.45) is 0 Å². The van der Waals surface area contributed by atoms with Gasteiger partial charge in [0.1, 0.15) is 12.6 Å². The van der Waals surface area contributed by atoms with Gasteiger partial charge in [-0.3, -0.25) is 4.39 Å². The lowest BCUT2D eigenvalue weighted by molar-refractivity contribution is -0.282. The van der Waals surface area contributed by atoms with Crippen molar-refractivity contribution in [3.05, 3.63) is 0 Å². The number of hydrogen-bond donors (Lipinski definition) is 0. The first kappa shape index (κ1) is 51.9. The highest BCUT2D eigenvalue weighted by Gasteiger charge is 2.55. The van der Waals surface area contributed by atoms with Gasteiger partial charge < -0.3 is 0 Å². The van der Waals surface area contributed by atoms with E-state index in [2.05, 4.69) is 0 Å². The second-order valence-electron chi connectivity index (χ2n) is 8.30. The molecule has 0 aromatic heterocycles. The Morgan fingerprint density at radius 2 is 0.864 bits per heavy atom. The van der Waals surface area contributed by atoms with Crippen LogP contribution in [0.25, 0.3) is 0 Å². The van der Waals surface area contributed by atoms with Gasteiger partial charge in [0, 0.05) is 26.7 Å². The highest BCUT2D eigenvalue weighted by atomic mass is 19.4. The van der Waals surface area contributed by atoms with Gasteiger partial charge in [0.15, 0.2) is 6.17 Å². The van der Waals surface area contributed by atoms with Crippen molar-refractivity contribution in [3.63, 3.8) is 0 Å². The molecule has 0 saturated carbocycles. The molecule has 0 aliphatic rings. The van der Waals surface area contributed by atoms with Crippen LogP contribution in [-0.2, 0) is 0 Å². The summed E-state index contributed by atoms with van der Waals surface area (Å²) in [6.45, 7) is 0.646. The molecule has 0 nitrogen and oxygen atoms in total. The maximum absolute atomic E-state index is 11.5. The Bertz CT molecular complexity index is 671. The van der Waals surface area contributed by atoms with E-state index in [9.17, 15) is 105 Å². The molecular weight excluding hydrogens is 696 g/mol. The second kappa shape index (κ2) is 19.1. The zero-order valence-electron chi connectivity index (χ0n) is 22.6. The predicted octanol–water partition coefficient (Wildman–Crippen LogP) is 12.0. The number of hydrogen-bond acceptors (Lipinski definition) is 0. The summed E-state index contributed by atoms with van der Waals surface area (Å²) in [7, 11) is 0. The molecule has 0 radical (unpaired) electrons. The fourth-order valence-electron chi connectivity index (χ4n) is 1.07. The van der Waals surface area contributed by atoms with Gasteiger partial charge in [-0.2, -0.15) is 61.5 Å². The lowest BCUT2D eigenvalue weighted by atomic mass is 10.2. The van der Waals surface area contributed by atoms with E-state index in [1.165, 1.54) is 0 Å². The highest BCUT2D eigenvalue weighted by Crippen LogP contribution is 2.37. The summed E-state index contributed by atoms with van der Waals surface area (Å²) in [5.74, 6) is -16.0.